The smallest absolute Gasteiger partial charge is 0.182 e. The van der Waals surface area contributed by atoms with Crippen molar-refractivity contribution in [2.24, 2.45) is 5.92 Å². The van der Waals surface area contributed by atoms with Crippen LogP contribution in [0.25, 0.3) is 11.4 Å². The number of methoxy groups -OCH3 is 1. The van der Waals surface area contributed by atoms with Gasteiger partial charge >= 0.3 is 0 Å². The van der Waals surface area contributed by atoms with E-state index < -0.39 is 0 Å². The largest absolute Gasteiger partial charge is 0.495 e. The first kappa shape index (κ1) is 13.9. The zero-order valence-corrected chi connectivity index (χ0v) is 12.5. The Balaban J connectivity index is 1.92. The molecule has 0 spiro atoms. The predicted molar refractivity (Wildman–Crippen MR) is 80.9 cm³/mol. The second-order valence-corrected chi connectivity index (χ2v) is 5.82. The van der Waals surface area contributed by atoms with E-state index in [9.17, 15) is 0 Å². The summed E-state index contributed by atoms with van der Waals surface area (Å²) in [6, 6.07) is 6.04. The molecule has 0 unspecified atom stereocenters. The first-order chi connectivity index (χ1) is 10.2. The van der Waals surface area contributed by atoms with Crippen LogP contribution in [0.15, 0.2) is 18.2 Å². The van der Waals surface area contributed by atoms with Crippen LogP contribution in [0.1, 0.15) is 38.6 Å². The molecule has 1 aliphatic carbocycles. The van der Waals surface area contributed by atoms with Crippen LogP contribution in [0, 0.1) is 5.92 Å². The molecule has 21 heavy (non-hydrogen) atoms. The fraction of sp³-hybridized carbons (Fsp3) is 0.533. The van der Waals surface area contributed by atoms with E-state index in [4.69, 9.17) is 10.5 Å². The van der Waals surface area contributed by atoms with Gasteiger partial charge in [0, 0.05) is 5.56 Å². The van der Waals surface area contributed by atoms with Gasteiger partial charge in [0.1, 0.15) is 5.75 Å². The quantitative estimate of drug-likeness (QED) is 0.878. The van der Waals surface area contributed by atoms with Gasteiger partial charge in [-0.25, -0.2) is 4.68 Å². The maximum atomic E-state index is 5.87. The normalized spacial score (nSPS) is 22.2. The summed E-state index contributed by atoms with van der Waals surface area (Å²) in [4.78, 5) is 0. The van der Waals surface area contributed by atoms with Crippen molar-refractivity contribution in [2.75, 3.05) is 12.8 Å². The summed E-state index contributed by atoms with van der Waals surface area (Å²) in [5, 5.41) is 12.3. The Labute approximate surface area is 124 Å². The maximum absolute atomic E-state index is 5.87. The molecule has 112 valence electrons. The first-order valence-corrected chi connectivity index (χ1v) is 7.40. The van der Waals surface area contributed by atoms with Crippen molar-refractivity contribution in [1.29, 1.82) is 0 Å². The summed E-state index contributed by atoms with van der Waals surface area (Å²) in [7, 11) is 1.61. The van der Waals surface area contributed by atoms with E-state index >= 15 is 0 Å². The summed E-state index contributed by atoms with van der Waals surface area (Å²) in [5.74, 6) is 2.24. The monoisotopic (exact) mass is 287 g/mol. The Morgan fingerprint density at radius 2 is 2.00 bits per heavy atom. The second-order valence-electron chi connectivity index (χ2n) is 5.82. The lowest BCUT2D eigenvalue weighted by Gasteiger charge is -2.26. The maximum Gasteiger partial charge on any atom is 0.182 e. The van der Waals surface area contributed by atoms with Gasteiger partial charge in [0.05, 0.1) is 18.8 Å². The highest BCUT2D eigenvalue weighted by Crippen LogP contribution is 2.34. The number of ether oxygens (including phenoxy) is 1. The Bertz CT molecular complexity index is 616. The number of nitrogens with two attached hydrogens (primary N) is 1. The van der Waals surface area contributed by atoms with Gasteiger partial charge in [-0.2, -0.15) is 0 Å². The number of nitrogens with zero attached hydrogens (tertiary/aromatic N) is 4. The van der Waals surface area contributed by atoms with E-state index in [1.54, 1.807) is 7.11 Å². The Morgan fingerprint density at radius 3 is 2.71 bits per heavy atom. The highest BCUT2D eigenvalue weighted by Gasteiger charge is 2.24. The number of nitrogen functional groups attached to an aromatic ring is 1. The summed E-state index contributed by atoms with van der Waals surface area (Å²) in [6.45, 7) is 2.31. The average molecular weight is 287 g/mol. The molecule has 0 radical (unpaired) electrons. The topological polar surface area (TPSA) is 78.9 Å². The van der Waals surface area contributed by atoms with Crippen molar-refractivity contribution in [3.63, 3.8) is 0 Å². The summed E-state index contributed by atoms with van der Waals surface area (Å²) in [5.41, 5.74) is 7.42. The van der Waals surface area contributed by atoms with E-state index in [-0.39, 0.29) is 0 Å². The van der Waals surface area contributed by atoms with E-state index in [1.165, 1.54) is 12.8 Å². The van der Waals surface area contributed by atoms with E-state index in [1.807, 2.05) is 22.9 Å². The second kappa shape index (κ2) is 5.71. The molecule has 3 rings (SSSR count). The van der Waals surface area contributed by atoms with Crippen molar-refractivity contribution in [1.82, 2.24) is 20.2 Å². The molecule has 6 nitrogen and oxygen atoms in total. The molecule has 1 heterocycles. The SMILES string of the molecule is COc1cc(-c2nnnn2C2CCC(C)CC2)ccc1N. The zero-order chi connectivity index (χ0) is 14.8. The molecule has 0 aliphatic heterocycles. The molecular weight excluding hydrogens is 266 g/mol. The Kier molecular flexibility index (Phi) is 3.77. The summed E-state index contributed by atoms with van der Waals surface area (Å²) < 4.78 is 7.24. The van der Waals surface area contributed by atoms with Gasteiger partial charge < -0.3 is 10.5 Å². The third-order valence-corrected chi connectivity index (χ3v) is 4.32. The van der Waals surface area contributed by atoms with Crippen LogP contribution in [0.5, 0.6) is 5.75 Å². The third-order valence-electron chi connectivity index (χ3n) is 4.32. The van der Waals surface area contributed by atoms with Crippen LogP contribution in [0.3, 0.4) is 0 Å². The average Bonchev–Trinajstić information content (AvgIpc) is 2.98. The molecular formula is C15H21N5O. The minimum atomic E-state index is 0.384. The van der Waals surface area contributed by atoms with E-state index in [0.717, 1.165) is 30.1 Å². The molecule has 6 heteroatoms. The lowest BCUT2D eigenvalue weighted by molar-refractivity contribution is 0.272. The molecule has 1 aromatic heterocycles. The first-order valence-electron chi connectivity index (χ1n) is 7.40. The predicted octanol–water partition coefficient (Wildman–Crippen LogP) is 2.68. The number of hydrogen-bond donors (Lipinski definition) is 1. The van der Waals surface area contributed by atoms with Crippen molar-refractivity contribution < 1.29 is 4.74 Å². The molecule has 2 aromatic rings. The molecule has 0 atom stereocenters. The Hall–Kier alpha value is -2.11. The number of tetrazole rings is 1. The molecule has 1 aliphatic rings. The molecule has 0 saturated heterocycles. The zero-order valence-electron chi connectivity index (χ0n) is 12.5. The van der Waals surface area contributed by atoms with Crippen molar-refractivity contribution in [2.45, 2.75) is 38.6 Å². The van der Waals surface area contributed by atoms with Gasteiger partial charge in [0.25, 0.3) is 0 Å². The van der Waals surface area contributed by atoms with Gasteiger partial charge in [0.2, 0.25) is 0 Å². The molecule has 1 saturated carbocycles. The van der Waals surface area contributed by atoms with Crippen molar-refractivity contribution in [3.8, 4) is 17.1 Å². The van der Waals surface area contributed by atoms with Crippen LogP contribution in [-0.2, 0) is 0 Å². The molecule has 2 N–H and O–H groups in total. The van der Waals surface area contributed by atoms with Crippen LogP contribution >= 0.6 is 0 Å². The van der Waals surface area contributed by atoms with Crippen molar-refractivity contribution >= 4 is 5.69 Å². The van der Waals surface area contributed by atoms with Gasteiger partial charge in [-0.05, 0) is 60.2 Å². The molecule has 0 amide bonds. The van der Waals surface area contributed by atoms with Crippen LogP contribution in [0.2, 0.25) is 0 Å². The van der Waals surface area contributed by atoms with Gasteiger partial charge in [0.15, 0.2) is 5.82 Å². The number of rotatable bonds is 3. The molecule has 1 aromatic carbocycles. The van der Waals surface area contributed by atoms with Crippen LogP contribution in [0.4, 0.5) is 5.69 Å². The van der Waals surface area contributed by atoms with Crippen LogP contribution < -0.4 is 10.5 Å². The minimum Gasteiger partial charge on any atom is -0.495 e. The van der Waals surface area contributed by atoms with Crippen LogP contribution in [-0.4, -0.2) is 27.3 Å². The number of benzene rings is 1. The highest BCUT2D eigenvalue weighted by atomic mass is 16.5. The highest BCUT2D eigenvalue weighted by molar-refractivity contribution is 5.65. The summed E-state index contributed by atoms with van der Waals surface area (Å²) >= 11 is 0. The third kappa shape index (κ3) is 2.70. The Morgan fingerprint density at radius 1 is 1.24 bits per heavy atom. The summed E-state index contributed by atoms with van der Waals surface area (Å²) in [6.07, 6.45) is 4.72. The number of anilines is 1. The molecule has 1 fully saturated rings. The fourth-order valence-corrected chi connectivity index (χ4v) is 2.97. The van der Waals surface area contributed by atoms with Gasteiger partial charge in [-0.15, -0.1) is 5.10 Å². The van der Waals surface area contributed by atoms with E-state index in [2.05, 4.69) is 22.4 Å². The number of aromatic nitrogens is 4. The number of hydrogen-bond acceptors (Lipinski definition) is 5. The lowest BCUT2D eigenvalue weighted by atomic mass is 9.87. The van der Waals surface area contributed by atoms with E-state index in [0.29, 0.717) is 17.5 Å². The fourth-order valence-electron chi connectivity index (χ4n) is 2.97. The van der Waals surface area contributed by atoms with Gasteiger partial charge in [-0.1, -0.05) is 6.92 Å². The standard InChI is InChI=1S/C15H21N5O/c1-10-3-6-12(7-4-10)20-15(17-18-19-20)11-5-8-13(16)14(9-11)21-2/h5,8-10,12H,3-4,6-7,16H2,1-2H3. The van der Waals surface area contributed by atoms with Crippen molar-refractivity contribution in [3.05, 3.63) is 18.2 Å². The van der Waals surface area contributed by atoms with Gasteiger partial charge in [-0.3, -0.25) is 0 Å². The lowest BCUT2D eigenvalue weighted by Crippen LogP contribution is -2.18. The molecule has 0 bridgehead atoms. The minimum absolute atomic E-state index is 0.384.